The third-order valence-electron chi connectivity index (χ3n) is 6.40. The summed E-state index contributed by atoms with van der Waals surface area (Å²) in [4.78, 5) is 18.8. The molecule has 2 N–H and O–H groups in total. The molecule has 0 aliphatic carbocycles. The average molecular weight is 436 g/mol. The molecular weight excluding hydrogens is 402 g/mol. The van der Waals surface area contributed by atoms with Gasteiger partial charge in [-0.2, -0.15) is 0 Å². The van der Waals surface area contributed by atoms with E-state index in [9.17, 15) is 4.79 Å². The molecule has 1 aromatic heterocycles. The van der Waals surface area contributed by atoms with Crippen LogP contribution in [0.2, 0.25) is 0 Å². The number of aromatic nitrogens is 1. The number of methoxy groups -OCH3 is 2. The van der Waals surface area contributed by atoms with Gasteiger partial charge in [-0.15, -0.1) is 0 Å². The zero-order chi connectivity index (χ0) is 22.3. The first-order valence-electron chi connectivity index (χ1n) is 11.5. The second-order valence-corrected chi connectivity index (χ2v) is 8.41. The Labute approximate surface area is 189 Å². The number of aromatic amines is 1. The third-order valence-corrected chi connectivity index (χ3v) is 6.40. The number of carbonyl (C=O) groups is 1. The number of hydrogen-bond acceptors (Lipinski definition) is 4. The van der Waals surface area contributed by atoms with Crippen molar-refractivity contribution in [3.63, 3.8) is 0 Å². The molecule has 6 nitrogen and oxygen atoms in total. The molecule has 0 bridgehead atoms. The molecule has 1 unspecified atom stereocenters. The zero-order valence-corrected chi connectivity index (χ0v) is 19.0. The molecule has 4 rings (SSSR count). The minimum absolute atomic E-state index is 0.0511. The highest BCUT2D eigenvalue weighted by Crippen LogP contribution is 2.39. The molecule has 2 aromatic carbocycles. The van der Waals surface area contributed by atoms with Crippen molar-refractivity contribution in [3.8, 4) is 11.5 Å². The van der Waals surface area contributed by atoms with Gasteiger partial charge in [0, 0.05) is 54.2 Å². The molecule has 1 aliphatic rings. The highest BCUT2D eigenvalue weighted by Gasteiger charge is 2.25. The van der Waals surface area contributed by atoms with Gasteiger partial charge >= 0.3 is 0 Å². The van der Waals surface area contributed by atoms with Crippen LogP contribution in [0.4, 0.5) is 0 Å². The van der Waals surface area contributed by atoms with E-state index in [0.29, 0.717) is 13.0 Å². The fraction of sp³-hybridized carbons (Fsp3) is 0.423. The van der Waals surface area contributed by atoms with Crippen LogP contribution < -0.4 is 14.8 Å². The largest absolute Gasteiger partial charge is 0.497 e. The Morgan fingerprint density at radius 2 is 1.88 bits per heavy atom. The molecule has 0 saturated carbocycles. The molecule has 3 aromatic rings. The van der Waals surface area contributed by atoms with E-state index in [1.54, 1.807) is 14.2 Å². The normalized spacial score (nSPS) is 15.4. The van der Waals surface area contributed by atoms with E-state index in [0.717, 1.165) is 53.2 Å². The first-order valence-corrected chi connectivity index (χ1v) is 11.5. The summed E-state index contributed by atoms with van der Waals surface area (Å²) in [5.41, 5.74) is 3.13. The van der Waals surface area contributed by atoms with Crippen molar-refractivity contribution in [2.45, 2.75) is 31.6 Å². The maximum absolute atomic E-state index is 13.0. The Kier molecular flexibility index (Phi) is 7.32. The standard InChI is InChI=1S/C26H33N3O3/c1-31-19-10-11-21(25(16-19)32-2)22(23-18-28-24-9-5-4-8-20(23)24)17-26(30)27-12-15-29-13-6-3-7-14-29/h4-5,8-11,16,18,22,28H,3,6-7,12-15,17H2,1-2H3,(H,27,30). The van der Waals surface area contributed by atoms with Crippen molar-refractivity contribution in [2.24, 2.45) is 0 Å². The van der Waals surface area contributed by atoms with Crippen LogP contribution in [0.15, 0.2) is 48.7 Å². The molecule has 170 valence electrons. The van der Waals surface area contributed by atoms with Gasteiger partial charge in [0.05, 0.1) is 14.2 Å². The van der Waals surface area contributed by atoms with Crippen molar-refractivity contribution in [2.75, 3.05) is 40.4 Å². The highest BCUT2D eigenvalue weighted by molar-refractivity contribution is 5.86. The Balaban J connectivity index is 1.56. The fourth-order valence-electron chi connectivity index (χ4n) is 4.67. The van der Waals surface area contributed by atoms with Gasteiger partial charge in [-0.25, -0.2) is 0 Å². The third kappa shape index (κ3) is 5.07. The first-order chi connectivity index (χ1) is 15.7. The number of para-hydroxylation sites is 1. The molecule has 32 heavy (non-hydrogen) atoms. The van der Waals surface area contributed by atoms with E-state index in [1.165, 1.54) is 19.3 Å². The van der Waals surface area contributed by atoms with Crippen molar-refractivity contribution in [1.29, 1.82) is 0 Å². The van der Waals surface area contributed by atoms with Gasteiger partial charge in [-0.05, 0) is 43.6 Å². The number of likely N-dealkylation sites (tertiary alicyclic amines) is 1. The number of nitrogens with one attached hydrogen (secondary N) is 2. The van der Waals surface area contributed by atoms with Crippen LogP contribution in [0.25, 0.3) is 10.9 Å². The highest BCUT2D eigenvalue weighted by atomic mass is 16.5. The predicted octanol–water partition coefficient (Wildman–Crippen LogP) is 4.31. The minimum atomic E-state index is -0.137. The van der Waals surface area contributed by atoms with Gasteiger partial charge in [-0.1, -0.05) is 30.7 Å². The van der Waals surface area contributed by atoms with Crippen molar-refractivity contribution in [3.05, 3.63) is 59.8 Å². The smallest absolute Gasteiger partial charge is 0.220 e. The second-order valence-electron chi connectivity index (χ2n) is 8.41. The van der Waals surface area contributed by atoms with Gasteiger partial charge in [0.2, 0.25) is 5.91 Å². The van der Waals surface area contributed by atoms with Gasteiger partial charge in [0.25, 0.3) is 0 Å². The lowest BCUT2D eigenvalue weighted by atomic mass is 9.87. The number of hydrogen-bond donors (Lipinski definition) is 2. The topological polar surface area (TPSA) is 66.6 Å². The lowest BCUT2D eigenvalue weighted by Gasteiger charge is -2.26. The van der Waals surface area contributed by atoms with Crippen LogP contribution in [0.5, 0.6) is 11.5 Å². The summed E-state index contributed by atoms with van der Waals surface area (Å²) in [6.45, 7) is 3.86. The Hall–Kier alpha value is -2.99. The Morgan fingerprint density at radius 1 is 1.06 bits per heavy atom. The molecule has 2 heterocycles. The van der Waals surface area contributed by atoms with Crippen LogP contribution in [0.3, 0.4) is 0 Å². The maximum Gasteiger partial charge on any atom is 0.220 e. The molecule has 6 heteroatoms. The van der Waals surface area contributed by atoms with Crippen LogP contribution in [0.1, 0.15) is 42.7 Å². The first kappa shape index (κ1) is 22.2. The number of piperidine rings is 1. The molecule has 1 amide bonds. The molecule has 1 aliphatic heterocycles. The summed E-state index contributed by atoms with van der Waals surface area (Å²) in [5.74, 6) is 1.37. The number of benzene rings is 2. The number of amides is 1. The number of H-pyrrole nitrogens is 1. The lowest BCUT2D eigenvalue weighted by Crippen LogP contribution is -2.38. The predicted molar refractivity (Wildman–Crippen MR) is 128 cm³/mol. The summed E-state index contributed by atoms with van der Waals surface area (Å²) >= 11 is 0. The summed E-state index contributed by atoms with van der Waals surface area (Å²) < 4.78 is 11.1. The molecule has 0 spiro atoms. The van der Waals surface area contributed by atoms with Crippen molar-refractivity contribution < 1.29 is 14.3 Å². The minimum Gasteiger partial charge on any atom is -0.497 e. The van der Waals surface area contributed by atoms with Crippen molar-refractivity contribution in [1.82, 2.24) is 15.2 Å². The Bertz CT molecular complexity index is 1040. The molecule has 1 saturated heterocycles. The number of ether oxygens (including phenoxy) is 2. The quantitative estimate of drug-likeness (QED) is 0.526. The van der Waals surface area contributed by atoms with Gasteiger partial charge in [0.15, 0.2) is 0 Å². The van der Waals surface area contributed by atoms with Crippen molar-refractivity contribution >= 4 is 16.8 Å². The fourth-order valence-corrected chi connectivity index (χ4v) is 4.67. The van der Waals surface area contributed by atoms with Gasteiger partial charge in [0.1, 0.15) is 11.5 Å². The molecular formula is C26H33N3O3. The van der Waals surface area contributed by atoms with E-state index in [-0.39, 0.29) is 11.8 Å². The van der Waals surface area contributed by atoms with Crippen LogP contribution in [0, 0.1) is 0 Å². The summed E-state index contributed by atoms with van der Waals surface area (Å²) in [7, 11) is 3.30. The van der Waals surface area contributed by atoms with Crippen LogP contribution in [-0.4, -0.2) is 56.2 Å². The van der Waals surface area contributed by atoms with E-state index in [2.05, 4.69) is 27.3 Å². The van der Waals surface area contributed by atoms with E-state index >= 15 is 0 Å². The van der Waals surface area contributed by atoms with E-state index in [1.807, 2.05) is 36.5 Å². The zero-order valence-electron chi connectivity index (χ0n) is 19.0. The van der Waals surface area contributed by atoms with E-state index < -0.39 is 0 Å². The lowest BCUT2D eigenvalue weighted by molar-refractivity contribution is -0.121. The molecule has 1 fully saturated rings. The Morgan fingerprint density at radius 3 is 2.66 bits per heavy atom. The SMILES string of the molecule is COc1ccc(C(CC(=O)NCCN2CCCCC2)c2c[nH]c3ccccc23)c(OC)c1. The van der Waals surface area contributed by atoms with Crippen LogP contribution in [-0.2, 0) is 4.79 Å². The maximum atomic E-state index is 13.0. The summed E-state index contributed by atoms with van der Waals surface area (Å²) in [5, 5.41) is 4.27. The van der Waals surface area contributed by atoms with Gasteiger partial charge in [-0.3, -0.25) is 4.79 Å². The summed E-state index contributed by atoms with van der Waals surface area (Å²) in [6.07, 6.45) is 6.20. The second kappa shape index (κ2) is 10.6. The van der Waals surface area contributed by atoms with Crippen LogP contribution >= 0.6 is 0 Å². The monoisotopic (exact) mass is 435 g/mol. The average Bonchev–Trinajstić information content (AvgIpc) is 3.27. The molecule has 1 atom stereocenters. The summed E-state index contributed by atoms with van der Waals surface area (Å²) in [6, 6.07) is 14.0. The van der Waals surface area contributed by atoms with Gasteiger partial charge < -0.3 is 24.7 Å². The molecule has 0 radical (unpaired) electrons. The number of rotatable bonds is 9. The van der Waals surface area contributed by atoms with E-state index in [4.69, 9.17) is 9.47 Å². The number of carbonyl (C=O) groups excluding carboxylic acids is 1. The number of fused-ring (bicyclic) bond motifs is 1. The number of nitrogens with zero attached hydrogens (tertiary/aromatic N) is 1.